The quantitative estimate of drug-likeness (QED) is 0.561. The van der Waals surface area contributed by atoms with Crippen molar-refractivity contribution in [2.45, 2.75) is 43.1 Å². The van der Waals surface area contributed by atoms with E-state index >= 15 is 0 Å². The van der Waals surface area contributed by atoms with Gasteiger partial charge in [0.2, 0.25) is 5.91 Å². The van der Waals surface area contributed by atoms with Crippen LogP contribution in [0.5, 0.6) is 0 Å². The van der Waals surface area contributed by atoms with Gasteiger partial charge in [0.15, 0.2) is 5.16 Å². The van der Waals surface area contributed by atoms with Crippen molar-refractivity contribution in [2.75, 3.05) is 25.2 Å². The van der Waals surface area contributed by atoms with Gasteiger partial charge in [-0.05, 0) is 37.8 Å². The minimum absolute atomic E-state index is 0.128. The third-order valence-electron chi connectivity index (χ3n) is 4.33. The zero-order valence-electron chi connectivity index (χ0n) is 14.7. The minimum atomic E-state index is -0.212. The molecule has 0 fully saturated rings. The lowest BCUT2D eigenvalue weighted by molar-refractivity contribution is -0.117. The predicted molar refractivity (Wildman–Crippen MR) is 99.0 cm³/mol. The van der Waals surface area contributed by atoms with Gasteiger partial charge in [-0.3, -0.25) is 4.79 Å². The van der Waals surface area contributed by atoms with E-state index in [9.17, 15) is 4.79 Å². The highest BCUT2D eigenvalue weighted by Crippen LogP contribution is 2.30. The number of nitrogens with zero attached hydrogens (tertiary/aromatic N) is 4. The molecule has 134 valence electrons. The smallest absolute Gasteiger partial charge is 0.240 e. The number of hydrogen-bond acceptors (Lipinski definition) is 5. The molecular formula is C18H24N4O2S. The van der Waals surface area contributed by atoms with Crippen LogP contribution in [0, 0.1) is 0 Å². The standard InChI is InChI=1S/C18H24N4O2S/c1-14(25-18-20-19-13-21(18)10-6-12-24-2)17(23)22-11-5-8-15-7-3-4-9-16(15)22/h3-4,7,9,13-14H,5-6,8,10-12H2,1-2H3. The van der Waals surface area contributed by atoms with Gasteiger partial charge in [0.1, 0.15) is 6.33 Å². The number of aromatic nitrogens is 3. The van der Waals surface area contributed by atoms with Gasteiger partial charge in [0, 0.05) is 32.5 Å². The van der Waals surface area contributed by atoms with Crippen LogP contribution in [0.25, 0.3) is 0 Å². The van der Waals surface area contributed by atoms with Crippen molar-refractivity contribution in [2.24, 2.45) is 0 Å². The molecule has 0 radical (unpaired) electrons. The van der Waals surface area contributed by atoms with Crippen LogP contribution in [0.4, 0.5) is 5.69 Å². The third-order valence-corrected chi connectivity index (χ3v) is 5.42. The molecule has 6 nitrogen and oxygen atoms in total. The number of hydrogen-bond donors (Lipinski definition) is 0. The molecule has 1 unspecified atom stereocenters. The van der Waals surface area contributed by atoms with Crippen molar-refractivity contribution in [1.29, 1.82) is 0 Å². The Morgan fingerprint density at radius 3 is 3.08 bits per heavy atom. The monoisotopic (exact) mass is 360 g/mol. The molecule has 1 atom stereocenters. The number of methoxy groups -OCH3 is 1. The van der Waals surface area contributed by atoms with E-state index in [0.29, 0.717) is 6.61 Å². The van der Waals surface area contributed by atoms with Crippen LogP contribution in [-0.4, -0.2) is 46.2 Å². The van der Waals surface area contributed by atoms with Crippen LogP contribution in [0.3, 0.4) is 0 Å². The van der Waals surface area contributed by atoms with Crippen molar-refractivity contribution in [1.82, 2.24) is 14.8 Å². The molecule has 0 N–H and O–H groups in total. The number of aryl methyl sites for hydroxylation is 2. The summed E-state index contributed by atoms with van der Waals surface area (Å²) in [5.74, 6) is 0.128. The summed E-state index contributed by atoms with van der Waals surface area (Å²) in [6, 6.07) is 8.18. The molecule has 3 rings (SSSR count). The first-order valence-corrected chi connectivity index (χ1v) is 9.51. The molecule has 1 amide bonds. The molecule has 1 aromatic carbocycles. The molecular weight excluding hydrogens is 336 g/mol. The second-order valence-corrected chi connectivity index (χ2v) is 7.44. The molecule has 0 spiro atoms. The lowest BCUT2D eigenvalue weighted by Crippen LogP contribution is -2.40. The Hall–Kier alpha value is -1.86. The minimum Gasteiger partial charge on any atom is -0.385 e. The molecule has 0 aliphatic carbocycles. The van der Waals surface area contributed by atoms with Crippen LogP contribution in [0.2, 0.25) is 0 Å². The summed E-state index contributed by atoms with van der Waals surface area (Å²) in [4.78, 5) is 14.9. The predicted octanol–water partition coefficient (Wildman–Crippen LogP) is 2.77. The van der Waals surface area contributed by atoms with Gasteiger partial charge < -0.3 is 14.2 Å². The molecule has 0 saturated heterocycles. The third kappa shape index (κ3) is 4.22. The zero-order valence-corrected chi connectivity index (χ0v) is 15.5. The van der Waals surface area contributed by atoms with E-state index in [1.807, 2.05) is 34.6 Å². The highest BCUT2D eigenvalue weighted by Gasteiger charge is 2.27. The molecule has 1 aliphatic rings. The van der Waals surface area contributed by atoms with Gasteiger partial charge in [-0.25, -0.2) is 0 Å². The lowest BCUT2D eigenvalue weighted by atomic mass is 10.0. The zero-order chi connectivity index (χ0) is 17.6. The van der Waals surface area contributed by atoms with Crippen molar-refractivity contribution in [3.8, 4) is 0 Å². The summed E-state index contributed by atoms with van der Waals surface area (Å²) in [6.07, 6.45) is 4.65. The molecule has 1 aromatic heterocycles. The Morgan fingerprint density at radius 2 is 2.24 bits per heavy atom. The number of thioether (sulfide) groups is 1. The Kier molecular flexibility index (Phi) is 6.09. The van der Waals surface area contributed by atoms with Gasteiger partial charge in [-0.2, -0.15) is 0 Å². The van der Waals surface area contributed by atoms with E-state index in [4.69, 9.17) is 4.74 Å². The van der Waals surface area contributed by atoms with Gasteiger partial charge in [-0.15, -0.1) is 10.2 Å². The van der Waals surface area contributed by atoms with E-state index in [0.717, 1.165) is 43.2 Å². The topological polar surface area (TPSA) is 60.2 Å². The molecule has 25 heavy (non-hydrogen) atoms. The maximum Gasteiger partial charge on any atom is 0.240 e. The van der Waals surface area contributed by atoms with Crippen LogP contribution in [-0.2, 0) is 22.5 Å². The normalized spacial score (nSPS) is 15.0. The molecule has 2 heterocycles. The largest absolute Gasteiger partial charge is 0.385 e. The fraction of sp³-hybridized carbons (Fsp3) is 0.500. The van der Waals surface area contributed by atoms with Crippen molar-refractivity contribution in [3.63, 3.8) is 0 Å². The molecule has 0 saturated carbocycles. The fourth-order valence-electron chi connectivity index (χ4n) is 3.06. The average Bonchev–Trinajstić information content (AvgIpc) is 3.08. The van der Waals surface area contributed by atoms with Gasteiger partial charge in [0.05, 0.1) is 5.25 Å². The number of fused-ring (bicyclic) bond motifs is 1. The highest BCUT2D eigenvalue weighted by atomic mass is 32.2. The fourth-order valence-corrected chi connectivity index (χ4v) is 3.97. The number of para-hydroxylation sites is 1. The van der Waals surface area contributed by atoms with Gasteiger partial charge in [0.25, 0.3) is 0 Å². The van der Waals surface area contributed by atoms with E-state index in [2.05, 4.69) is 16.3 Å². The summed E-state index contributed by atoms with van der Waals surface area (Å²) < 4.78 is 7.07. The number of benzene rings is 1. The maximum absolute atomic E-state index is 13.0. The van der Waals surface area contributed by atoms with E-state index in [-0.39, 0.29) is 11.2 Å². The molecule has 2 aromatic rings. The Balaban J connectivity index is 1.67. The number of ether oxygens (including phenoxy) is 1. The van der Waals surface area contributed by atoms with E-state index in [1.54, 1.807) is 13.4 Å². The number of anilines is 1. The van der Waals surface area contributed by atoms with Crippen molar-refractivity contribution in [3.05, 3.63) is 36.2 Å². The van der Waals surface area contributed by atoms with E-state index in [1.165, 1.54) is 17.3 Å². The van der Waals surface area contributed by atoms with Crippen molar-refractivity contribution < 1.29 is 9.53 Å². The Morgan fingerprint density at radius 1 is 1.40 bits per heavy atom. The first-order chi connectivity index (χ1) is 12.2. The van der Waals surface area contributed by atoms with E-state index < -0.39 is 0 Å². The molecule has 7 heteroatoms. The summed E-state index contributed by atoms with van der Waals surface area (Å²) in [5, 5.41) is 8.73. The SMILES string of the molecule is COCCCn1cnnc1SC(C)C(=O)N1CCCc2ccccc21. The Labute approximate surface area is 152 Å². The van der Waals surface area contributed by atoms with Crippen molar-refractivity contribution >= 4 is 23.4 Å². The maximum atomic E-state index is 13.0. The summed E-state index contributed by atoms with van der Waals surface area (Å²) in [7, 11) is 1.69. The Bertz CT molecular complexity index is 719. The first-order valence-electron chi connectivity index (χ1n) is 8.63. The number of amides is 1. The number of rotatable bonds is 7. The molecule has 0 bridgehead atoms. The van der Waals surface area contributed by atoms with Crippen LogP contribution in [0.15, 0.2) is 35.7 Å². The summed E-state index contributed by atoms with van der Waals surface area (Å²) in [5.41, 5.74) is 2.30. The average molecular weight is 360 g/mol. The second-order valence-electron chi connectivity index (χ2n) is 6.14. The number of carbonyl (C=O) groups is 1. The van der Waals surface area contributed by atoms with Gasteiger partial charge in [-0.1, -0.05) is 30.0 Å². The first kappa shape index (κ1) is 17.9. The molecule has 1 aliphatic heterocycles. The lowest BCUT2D eigenvalue weighted by Gasteiger charge is -2.31. The number of carbonyl (C=O) groups excluding carboxylic acids is 1. The second kappa shape index (κ2) is 8.49. The summed E-state index contributed by atoms with van der Waals surface area (Å²) >= 11 is 1.47. The van der Waals surface area contributed by atoms with Crippen LogP contribution < -0.4 is 4.90 Å². The highest BCUT2D eigenvalue weighted by molar-refractivity contribution is 8.00. The van der Waals surface area contributed by atoms with Crippen LogP contribution >= 0.6 is 11.8 Å². The van der Waals surface area contributed by atoms with Gasteiger partial charge >= 0.3 is 0 Å². The summed E-state index contributed by atoms with van der Waals surface area (Å²) in [6.45, 7) is 4.21. The van der Waals surface area contributed by atoms with Crippen LogP contribution in [0.1, 0.15) is 25.3 Å².